The van der Waals surface area contributed by atoms with Crippen molar-refractivity contribution in [1.82, 2.24) is 20.2 Å². The Morgan fingerprint density at radius 3 is 2.83 bits per heavy atom. The Morgan fingerprint density at radius 1 is 1.20 bits per heavy atom. The van der Waals surface area contributed by atoms with Gasteiger partial charge in [0.25, 0.3) is 0 Å². The van der Waals surface area contributed by atoms with Crippen LogP contribution in [0.25, 0.3) is 11.3 Å². The number of carbonyl (C=O) groups excluding carboxylic acids is 1. The number of rotatable bonds is 5. The molecule has 3 aromatic rings. The molecule has 4 atom stereocenters. The monoisotopic (exact) mass is 530 g/mol. The zero-order valence-electron chi connectivity index (χ0n) is 19.5. The normalized spacial score (nSPS) is 22.9. The second-order valence-electron chi connectivity index (χ2n) is 9.27. The van der Waals surface area contributed by atoms with E-state index >= 15 is 0 Å². The fourth-order valence-corrected chi connectivity index (χ4v) is 5.81. The molecule has 3 aliphatic rings. The molecule has 1 unspecified atom stereocenters. The number of aryl methyl sites for hydroxylation is 1. The van der Waals surface area contributed by atoms with Gasteiger partial charge in [0.1, 0.15) is 5.82 Å². The molecule has 35 heavy (non-hydrogen) atoms. The first-order valence-electron chi connectivity index (χ1n) is 11.9. The Hall–Kier alpha value is -3.28. The number of hydrogen-bond donors (Lipinski definition) is 2. The molecule has 0 aliphatic carbocycles. The van der Waals surface area contributed by atoms with Gasteiger partial charge in [-0.05, 0) is 62.6 Å². The number of urea groups is 1. The van der Waals surface area contributed by atoms with Crippen molar-refractivity contribution in [3.63, 3.8) is 0 Å². The predicted molar refractivity (Wildman–Crippen MR) is 139 cm³/mol. The summed E-state index contributed by atoms with van der Waals surface area (Å²) in [6.45, 7) is 4.54. The summed E-state index contributed by atoms with van der Waals surface area (Å²) in [6.07, 6.45) is 2.17. The van der Waals surface area contributed by atoms with Gasteiger partial charge in [0.05, 0.1) is 17.3 Å². The van der Waals surface area contributed by atoms with Gasteiger partial charge < -0.3 is 10.6 Å². The number of hydrogen-bond acceptors (Lipinski definition) is 5. The van der Waals surface area contributed by atoms with E-state index in [1.54, 1.807) is 24.3 Å². The summed E-state index contributed by atoms with van der Waals surface area (Å²) < 4.78 is 1.03. The lowest BCUT2D eigenvalue weighted by molar-refractivity contribution is 0.0307. The van der Waals surface area contributed by atoms with Crippen LogP contribution in [0.3, 0.4) is 0 Å². The molecule has 3 saturated heterocycles. The Balaban J connectivity index is 1.24. The minimum atomic E-state index is -0.246. The number of piperidine rings is 3. The van der Waals surface area contributed by atoms with Crippen LogP contribution in [0.15, 0.2) is 59.1 Å². The van der Waals surface area contributed by atoms with Crippen molar-refractivity contribution in [2.45, 2.75) is 31.7 Å². The van der Waals surface area contributed by atoms with E-state index in [1.807, 2.05) is 25.1 Å². The van der Waals surface area contributed by atoms with E-state index in [0.29, 0.717) is 35.7 Å². The molecule has 3 fully saturated rings. The molecule has 4 heterocycles. The fraction of sp³-hybridized carbons (Fsp3) is 0.333. The summed E-state index contributed by atoms with van der Waals surface area (Å²) in [5, 5.41) is 14.9. The zero-order valence-corrected chi connectivity index (χ0v) is 21.1. The third-order valence-electron chi connectivity index (χ3n) is 7.01. The highest BCUT2D eigenvalue weighted by Gasteiger charge is 2.41. The number of halogens is 1. The summed E-state index contributed by atoms with van der Waals surface area (Å²) in [5.41, 5.74) is 4.28. The number of amides is 2. The van der Waals surface area contributed by atoms with Gasteiger partial charge in [0, 0.05) is 46.5 Å². The maximum Gasteiger partial charge on any atom is 0.319 e. The molecule has 0 spiro atoms. The maximum atomic E-state index is 12.4. The van der Waals surface area contributed by atoms with Crippen molar-refractivity contribution in [2.75, 3.05) is 25.0 Å². The molecule has 2 N–H and O–H groups in total. The number of fused-ring (bicyclic) bond motifs is 3. The van der Waals surface area contributed by atoms with Crippen molar-refractivity contribution in [3.8, 4) is 17.3 Å². The number of aromatic nitrogens is 2. The van der Waals surface area contributed by atoms with Crippen molar-refractivity contribution in [1.29, 1.82) is 5.26 Å². The highest BCUT2D eigenvalue weighted by Crippen LogP contribution is 2.42. The molecule has 3 aliphatic heterocycles. The average Bonchev–Trinajstić information content (AvgIpc) is 2.88. The summed E-state index contributed by atoms with van der Waals surface area (Å²) in [5.74, 6) is 1.69. The Kier molecular flexibility index (Phi) is 6.80. The van der Waals surface area contributed by atoms with Gasteiger partial charge in [-0.15, -0.1) is 0 Å². The smallest absolute Gasteiger partial charge is 0.319 e. The van der Waals surface area contributed by atoms with Crippen LogP contribution in [0, 0.1) is 24.2 Å². The molecule has 2 bridgehead atoms. The Morgan fingerprint density at radius 2 is 2.06 bits per heavy atom. The highest BCUT2D eigenvalue weighted by molar-refractivity contribution is 9.10. The molecule has 6 rings (SSSR count). The summed E-state index contributed by atoms with van der Waals surface area (Å²) in [7, 11) is 0. The van der Waals surface area contributed by atoms with Crippen LogP contribution >= 0.6 is 15.9 Å². The lowest BCUT2D eigenvalue weighted by atomic mass is 9.74. The average molecular weight is 531 g/mol. The number of nitrogens with one attached hydrogen (secondary N) is 2. The first-order chi connectivity index (χ1) is 17.0. The van der Waals surface area contributed by atoms with Gasteiger partial charge in [-0.25, -0.2) is 14.8 Å². The lowest BCUT2D eigenvalue weighted by Crippen LogP contribution is -2.56. The molecule has 2 amide bonds. The second kappa shape index (κ2) is 10.1. The van der Waals surface area contributed by atoms with Gasteiger partial charge in [-0.2, -0.15) is 5.26 Å². The number of carbonyl (C=O) groups is 1. The first kappa shape index (κ1) is 23.5. The first-order valence-corrected chi connectivity index (χ1v) is 12.7. The van der Waals surface area contributed by atoms with Gasteiger partial charge in [-0.3, -0.25) is 4.90 Å². The van der Waals surface area contributed by atoms with E-state index < -0.39 is 0 Å². The van der Waals surface area contributed by atoms with Crippen molar-refractivity contribution >= 4 is 27.6 Å². The number of nitriles is 1. The second-order valence-corrected chi connectivity index (χ2v) is 10.1. The van der Waals surface area contributed by atoms with E-state index in [4.69, 9.17) is 15.2 Å². The summed E-state index contributed by atoms with van der Waals surface area (Å²) in [6, 6.07) is 19.4. The SMILES string of the molecule is Cc1nc(-c2ccccc2Br)cc([C@H]2CN3CC[C@H]2C[C@@H]3CNC(=O)Nc2cccc(C#N)c2)n1. The Labute approximate surface area is 213 Å². The number of anilines is 1. The van der Waals surface area contributed by atoms with Crippen molar-refractivity contribution < 1.29 is 4.79 Å². The molecule has 2 aromatic carbocycles. The van der Waals surface area contributed by atoms with Crippen LogP contribution in [0.5, 0.6) is 0 Å². The van der Waals surface area contributed by atoms with E-state index in [2.05, 4.69) is 49.7 Å². The topological polar surface area (TPSA) is 93.9 Å². The van der Waals surface area contributed by atoms with Crippen molar-refractivity contribution in [2.24, 2.45) is 5.92 Å². The number of nitrogens with zero attached hydrogens (tertiary/aromatic N) is 4. The van der Waals surface area contributed by atoms with E-state index in [1.165, 1.54) is 0 Å². The van der Waals surface area contributed by atoms with Gasteiger partial charge in [0.2, 0.25) is 0 Å². The predicted octanol–water partition coefficient (Wildman–Crippen LogP) is 5.09. The molecule has 1 aromatic heterocycles. The maximum absolute atomic E-state index is 12.4. The third-order valence-corrected chi connectivity index (χ3v) is 7.71. The van der Waals surface area contributed by atoms with Crippen LogP contribution in [0.4, 0.5) is 10.5 Å². The quantitative estimate of drug-likeness (QED) is 0.479. The summed E-state index contributed by atoms with van der Waals surface area (Å²) >= 11 is 3.65. The van der Waals surface area contributed by atoms with E-state index in [0.717, 1.165) is 53.2 Å². The van der Waals surface area contributed by atoms with Crippen LogP contribution < -0.4 is 10.6 Å². The van der Waals surface area contributed by atoms with Gasteiger partial charge in [-0.1, -0.05) is 40.2 Å². The van der Waals surface area contributed by atoms with Crippen molar-refractivity contribution in [3.05, 3.63) is 76.2 Å². The fourth-order valence-electron chi connectivity index (χ4n) is 5.33. The standard InChI is InChI=1S/C27H27BrN6O/c1-17-31-25(22-7-2-3-8-24(22)28)13-26(32-17)23-16-34-10-9-19(23)12-21(34)15-30-27(35)33-20-6-4-5-18(11-20)14-29/h2-8,11,13,19,21,23H,9-10,12,15-16H2,1H3,(H2,30,33,35)/t19-,21+,23-/m0/s1. The van der Waals surface area contributed by atoms with Crippen LogP contribution in [0.1, 0.15) is 35.8 Å². The van der Waals surface area contributed by atoms with E-state index in [9.17, 15) is 4.79 Å². The van der Waals surface area contributed by atoms with Crippen LogP contribution in [-0.2, 0) is 0 Å². The minimum absolute atomic E-state index is 0.246. The minimum Gasteiger partial charge on any atom is -0.336 e. The summed E-state index contributed by atoms with van der Waals surface area (Å²) in [4.78, 5) is 24.5. The molecular weight excluding hydrogens is 504 g/mol. The van der Waals surface area contributed by atoms with E-state index in [-0.39, 0.29) is 6.03 Å². The molecule has 8 heteroatoms. The van der Waals surface area contributed by atoms with Crippen LogP contribution in [-0.4, -0.2) is 46.6 Å². The van der Waals surface area contributed by atoms with Crippen LogP contribution in [0.2, 0.25) is 0 Å². The molecule has 178 valence electrons. The largest absolute Gasteiger partial charge is 0.336 e. The van der Waals surface area contributed by atoms with Gasteiger partial charge in [0.15, 0.2) is 0 Å². The highest BCUT2D eigenvalue weighted by atomic mass is 79.9. The molecule has 0 saturated carbocycles. The molecular formula is C27H27BrN6O. The molecule has 0 radical (unpaired) electrons. The zero-order chi connectivity index (χ0) is 24.4. The molecule has 7 nitrogen and oxygen atoms in total. The van der Waals surface area contributed by atoms with Gasteiger partial charge >= 0.3 is 6.03 Å². The number of benzene rings is 2. The Bertz CT molecular complexity index is 1290. The lowest BCUT2D eigenvalue weighted by Gasteiger charge is -2.49. The third kappa shape index (κ3) is 5.21.